The first-order chi connectivity index (χ1) is 15.6. The number of anilines is 1. The Balaban J connectivity index is 1.18. The highest BCUT2D eigenvalue weighted by molar-refractivity contribution is 6.30. The second-order valence-corrected chi connectivity index (χ2v) is 9.14. The zero-order valence-electron chi connectivity index (χ0n) is 17.3. The van der Waals surface area contributed by atoms with Crippen molar-refractivity contribution in [3.8, 4) is 0 Å². The fraction of sp³-hybridized carbons (Fsp3) is 0.280. The van der Waals surface area contributed by atoms with E-state index in [1.54, 1.807) is 17.0 Å². The Morgan fingerprint density at radius 3 is 2.88 bits per heavy atom. The standard InChI is InChI=1S/C25H22ClN3O3/c26-16-5-7-17(8-6-16)29-14-25-11-9-20(32-25)21(22(25)24(29)31)23(30)27-12-10-15-13-28-19-4-2-1-3-18(15)19/h1-9,11,13,20-22,28H,10,12,14H2,(H,27,30)/t20-,21?,22?,25+/m0/s1. The second-order valence-electron chi connectivity index (χ2n) is 8.70. The lowest BCUT2D eigenvalue weighted by atomic mass is 9.77. The van der Waals surface area contributed by atoms with Crippen LogP contribution in [0.5, 0.6) is 0 Å². The molecule has 2 bridgehead atoms. The highest BCUT2D eigenvalue weighted by atomic mass is 35.5. The molecule has 3 aromatic rings. The first kappa shape index (κ1) is 19.6. The van der Waals surface area contributed by atoms with Crippen molar-refractivity contribution in [2.75, 3.05) is 18.0 Å². The SMILES string of the molecule is O=C(NCCc1c[nH]c2ccccc12)C1C2C(=O)N(c3ccc(Cl)cc3)C[C@]23C=C[C@@H]1O3. The van der Waals surface area contributed by atoms with Gasteiger partial charge in [0.2, 0.25) is 11.8 Å². The molecule has 7 heteroatoms. The molecule has 2 amide bonds. The van der Waals surface area contributed by atoms with Gasteiger partial charge in [0.25, 0.3) is 0 Å². The number of nitrogens with one attached hydrogen (secondary N) is 2. The summed E-state index contributed by atoms with van der Waals surface area (Å²) >= 11 is 6.00. The number of hydrogen-bond donors (Lipinski definition) is 2. The molecular formula is C25H22ClN3O3. The van der Waals surface area contributed by atoms with Crippen molar-refractivity contribution in [1.29, 1.82) is 0 Å². The molecule has 2 unspecified atom stereocenters. The van der Waals surface area contributed by atoms with Crippen molar-refractivity contribution in [1.82, 2.24) is 10.3 Å². The van der Waals surface area contributed by atoms with Crippen LogP contribution in [-0.2, 0) is 20.7 Å². The number of nitrogens with zero attached hydrogens (tertiary/aromatic N) is 1. The van der Waals surface area contributed by atoms with E-state index in [-0.39, 0.29) is 17.9 Å². The highest BCUT2D eigenvalue weighted by Gasteiger charge is 2.67. The van der Waals surface area contributed by atoms with Crippen molar-refractivity contribution >= 4 is 40.0 Å². The summed E-state index contributed by atoms with van der Waals surface area (Å²) in [5.41, 5.74) is 2.27. The minimum absolute atomic E-state index is 0.0732. The Morgan fingerprint density at radius 1 is 1.22 bits per heavy atom. The molecular weight excluding hydrogens is 426 g/mol. The van der Waals surface area contributed by atoms with Crippen LogP contribution in [0.3, 0.4) is 0 Å². The largest absolute Gasteiger partial charge is 0.361 e. The first-order valence-corrected chi connectivity index (χ1v) is 11.2. The summed E-state index contributed by atoms with van der Waals surface area (Å²) in [7, 11) is 0. The number of aromatic nitrogens is 1. The number of para-hydroxylation sites is 1. The van der Waals surface area contributed by atoms with Gasteiger partial charge in [0.1, 0.15) is 5.60 Å². The summed E-state index contributed by atoms with van der Waals surface area (Å²) < 4.78 is 6.21. The molecule has 3 aliphatic heterocycles. The number of rotatable bonds is 5. The monoisotopic (exact) mass is 447 g/mol. The van der Waals surface area contributed by atoms with Crippen LogP contribution in [0.2, 0.25) is 5.02 Å². The molecule has 2 aromatic carbocycles. The number of ether oxygens (including phenoxy) is 1. The number of benzene rings is 2. The number of amides is 2. The maximum atomic E-state index is 13.4. The van der Waals surface area contributed by atoms with Crippen molar-refractivity contribution < 1.29 is 14.3 Å². The fourth-order valence-electron chi connectivity index (χ4n) is 5.41. The maximum Gasteiger partial charge on any atom is 0.234 e. The van der Waals surface area contributed by atoms with E-state index in [1.807, 2.05) is 48.7 Å². The van der Waals surface area contributed by atoms with Gasteiger partial charge in [-0.1, -0.05) is 42.0 Å². The van der Waals surface area contributed by atoms with Crippen LogP contribution in [0.15, 0.2) is 66.9 Å². The molecule has 6 nitrogen and oxygen atoms in total. The van der Waals surface area contributed by atoms with Crippen molar-refractivity contribution in [2.24, 2.45) is 11.8 Å². The van der Waals surface area contributed by atoms with E-state index in [2.05, 4.69) is 16.4 Å². The average Bonchev–Trinajstić information content (AvgIpc) is 3.54. The molecule has 32 heavy (non-hydrogen) atoms. The molecule has 0 aliphatic carbocycles. The quantitative estimate of drug-likeness (QED) is 0.588. The molecule has 0 saturated carbocycles. The molecule has 162 valence electrons. The average molecular weight is 448 g/mol. The van der Waals surface area contributed by atoms with Gasteiger partial charge in [-0.05, 0) is 42.3 Å². The Morgan fingerprint density at radius 2 is 2.03 bits per heavy atom. The number of hydrogen-bond acceptors (Lipinski definition) is 3. The van der Waals surface area contributed by atoms with Gasteiger partial charge in [0.15, 0.2) is 0 Å². The summed E-state index contributed by atoms with van der Waals surface area (Å²) in [4.78, 5) is 31.5. The van der Waals surface area contributed by atoms with Crippen LogP contribution in [0.1, 0.15) is 5.56 Å². The summed E-state index contributed by atoms with van der Waals surface area (Å²) in [5, 5.41) is 4.83. The third kappa shape index (κ3) is 2.90. The summed E-state index contributed by atoms with van der Waals surface area (Å²) in [6.07, 6.45) is 6.24. The molecule has 1 aromatic heterocycles. The molecule has 6 rings (SSSR count). The van der Waals surface area contributed by atoms with Crippen molar-refractivity contribution in [3.63, 3.8) is 0 Å². The van der Waals surface area contributed by atoms with Crippen molar-refractivity contribution in [3.05, 3.63) is 77.5 Å². The number of halogens is 1. The normalized spacial score (nSPS) is 28.0. The van der Waals surface area contributed by atoms with Gasteiger partial charge in [-0.25, -0.2) is 0 Å². The predicted molar refractivity (Wildman–Crippen MR) is 123 cm³/mol. The summed E-state index contributed by atoms with van der Waals surface area (Å²) in [6.45, 7) is 0.909. The molecule has 4 atom stereocenters. The van der Waals surface area contributed by atoms with E-state index < -0.39 is 17.4 Å². The van der Waals surface area contributed by atoms with Crippen LogP contribution in [0.25, 0.3) is 10.9 Å². The van der Waals surface area contributed by atoms with Gasteiger partial charge in [-0.15, -0.1) is 0 Å². The molecule has 1 spiro atoms. The Kier molecular flexibility index (Phi) is 4.42. The number of fused-ring (bicyclic) bond motifs is 2. The van der Waals surface area contributed by atoms with E-state index in [9.17, 15) is 9.59 Å². The predicted octanol–water partition coefficient (Wildman–Crippen LogP) is 3.47. The molecule has 0 radical (unpaired) electrons. The lowest BCUT2D eigenvalue weighted by Crippen LogP contribution is -2.44. The smallest absolute Gasteiger partial charge is 0.234 e. The Labute approximate surface area is 190 Å². The minimum Gasteiger partial charge on any atom is -0.361 e. The summed E-state index contributed by atoms with van der Waals surface area (Å²) in [5.74, 6) is -1.23. The Hall–Kier alpha value is -3.09. The van der Waals surface area contributed by atoms with Crippen LogP contribution in [-0.4, -0.2) is 41.6 Å². The lowest BCUT2D eigenvalue weighted by Gasteiger charge is -2.23. The topological polar surface area (TPSA) is 74.4 Å². The van der Waals surface area contributed by atoms with E-state index in [1.165, 1.54) is 0 Å². The fourth-order valence-corrected chi connectivity index (χ4v) is 5.54. The Bertz CT molecular complexity index is 1250. The zero-order chi connectivity index (χ0) is 21.9. The maximum absolute atomic E-state index is 13.4. The van der Waals surface area contributed by atoms with Crippen LogP contribution in [0.4, 0.5) is 5.69 Å². The molecule has 2 fully saturated rings. The molecule has 4 heterocycles. The lowest BCUT2D eigenvalue weighted by molar-refractivity contribution is -0.131. The number of carbonyl (C=O) groups excluding carboxylic acids is 2. The van der Waals surface area contributed by atoms with Crippen molar-refractivity contribution in [2.45, 2.75) is 18.1 Å². The first-order valence-electron chi connectivity index (χ1n) is 10.8. The molecule has 3 aliphatic rings. The highest BCUT2D eigenvalue weighted by Crippen LogP contribution is 2.52. The van der Waals surface area contributed by atoms with E-state index in [4.69, 9.17) is 16.3 Å². The van der Waals surface area contributed by atoms with Gasteiger partial charge in [-0.3, -0.25) is 9.59 Å². The van der Waals surface area contributed by atoms with E-state index in [0.717, 1.165) is 22.2 Å². The van der Waals surface area contributed by atoms with Gasteiger partial charge < -0.3 is 19.9 Å². The minimum atomic E-state index is -0.736. The molecule has 2 saturated heterocycles. The van der Waals surface area contributed by atoms with Crippen LogP contribution >= 0.6 is 11.6 Å². The second kappa shape index (κ2) is 7.22. The van der Waals surface area contributed by atoms with E-state index >= 15 is 0 Å². The number of H-pyrrole nitrogens is 1. The zero-order valence-corrected chi connectivity index (χ0v) is 18.0. The third-order valence-corrected chi connectivity index (χ3v) is 7.16. The van der Waals surface area contributed by atoms with Crippen LogP contribution < -0.4 is 10.2 Å². The number of carbonyl (C=O) groups is 2. The third-order valence-electron chi connectivity index (χ3n) is 6.91. The summed E-state index contributed by atoms with van der Waals surface area (Å²) in [6, 6.07) is 15.3. The van der Waals surface area contributed by atoms with Crippen LogP contribution in [0, 0.1) is 11.8 Å². The van der Waals surface area contributed by atoms with E-state index in [0.29, 0.717) is 24.5 Å². The van der Waals surface area contributed by atoms with Gasteiger partial charge in [0, 0.05) is 34.4 Å². The van der Waals surface area contributed by atoms with Gasteiger partial charge >= 0.3 is 0 Å². The molecule has 2 N–H and O–H groups in total. The van der Waals surface area contributed by atoms with Gasteiger partial charge in [0.05, 0.1) is 24.5 Å². The van der Waals surface area contributed by atoms with Gasteiger partial charge in [-0.2, -0.15) is 0 Å². The number of aromatic amines is 1.